The molecular formula is C12H14N2O2S. The maximum absolute atomic E-state index is 11.5. The molecule has 0 atom stereocenters. The molecule has 0 spiro atoms. The zero-order valence-electron chi connectivity index (χ0n) is 9.64. The zero-order valence-corrected chi connectivity index (χ0v) is 10.5. The molecule has 0 aliphatic heterocycles. The van der Waals surface area contributed by atoms with E-state index in [2.05, 4.69) is 4.98 Å². The Hall–Kier alpha value is -1.36. The Morgan fingerprint density at radius 3 is 2.94 bits per heavy atom. The molecule has 17 heavy (non-hydrogen) atoms. The van der Waals surface area contributed by atoms with Crippen LogP contribution in [0.15, 0.2) is 5.38 Å². The van der Waals surface area contributed by atoms with E-state index in [1.165, 1.54) is 17.8 Å². The molecule has 4 nitrogen and oxygen atoms in total. The van der Waals surface area contributed by atoms with Crippen LogP contribution in [0.25, 0.3) is 4.96 Å². The Morgan fingerprint density at radius 1 is 1.65 bits per heavy atom. The minimum absolute atomic E-state index is 0.359. The van der Waals surface area contributed by atoms with Gasteiger partial charge in [0.1, 0.15) is 0 Å². The molecule has 1 N–H and O–H groups in total. The van der Waals surface area contributed by atoms with Crippen LogP contribution < -0.4 is 0 Å². The summed E-state index contributed by atoms with van der Waals surface area (Å²) in [6.07, 6.45) is 4.18. The number of thiazole rings is 1. The van der Waals surface area contributed by atoms with E-state index in [1.54, 1.807) is 0 Å². The lowest BCUT2D eigenvalue weighted by Crippen LogP contribution is -2.15. The van der Waals surface area contributed by atoms with Crippen LogP contribution in [0.5, 0.6) is 0 Å². The number of aryl methyl sites for hydroxylation is 1. The summed E-state index contributed by atoms with van der Waals surface area (Å²) < 4.78 is 1.82. The second kappa shape index (κ2) is 3.84. The first kappa shape index (κ1) is 10.8. The first-order valence-corrected chi connectivity index (χ1v) is 6.82. The number of nitrogens with zero attached hydrogens (tertiary/aromatic N) is 2. The van der Waals surface area contributed by atoms with Crippen molar-refractivity contribution in [2.75, 3.05) is 0 Å². The van der Waals surface area contributed by atoms with Crippen molar-refractivity contribution in [1.29, 1.82) is 0 Å². The van der Waals surface area contributed by atoms with Gasteiger partial charge in [-0.2, -0.15) is 0 Å². The fraction of sp³-hybridized carbons (Fsp3) is 0.500. The first-order valence-electron chi connectivity index (χ1n) is 5.94. The van der Waals surface area contributed by atoms with Crippen molar-refractivity contribution in [3.63, 3.8) is 0 Å². The average Bonchev–Trinajstić information content (AvgIpc) is 2.72. The second-order valence-electron chi connectivity index (χ2n) is 4.48. The molecule has 0 bridgehead atoms. The van der Waals surface area contributed by atoms with E-state index in [-0.39, 0.29) is 0 Å². The molecule has 1 fully saturated rings. The van der Waals surface area contributed by atoms with Gasteiger partial charge in [0.25, 0.3) is 0 Å². The van der Waals surface area contributed by atoms with E-state index in [9.17, 15) is 9.90 Å². The van der Waals surface area contributed by atoms with Crippen molar-refractivity contribution < 1.29 is 9.90 Å². The van der Waals surface area contributed by atoms with E-state index in [0.717, 1.165) is 35.6 Å². The van der Waals surface area contributed by atoms with Gasteiger partial charge in [0.05, 0.1) is 5.69 Å². The summed E-state index contributed by atoms with van der Waals surface area (Å²) in [4.78, 5) is 16.8. The van der Waals surface area contributed by atoms with E-state index >= 15 is 0 Å². The Balaban J connectivity index is 2.24. The number of fused-ring (bicyclic) bond motifs is 1. The second-order valence-corrected chi connectivity index (χ2v) is 5.31. The lowest BCUT2D eigenvalue weighted by atomic mass is 9.82. The molecule has 0 aromatic carbocycles. The van der Waals surface area contributed by atoms with Crippen LogP contribution in [0, 0.1) is 0 Å². The highest BCUT2D eigenvalue weighted by molar-refractivity contribution is 7.15. The molecule has 2 aromatic rings. The van der Waals surface area contributed by atoms with Crippen LogP contribution in [-0.2, 0) is 6.42 Å². The Bertz CT molecular complexity index is 581. The van der Waals surface area contributed by atoms with E-state index in [4.69, 9.17) is 0 Å². The summed E-state index contributed by atoms with van der Waals surface area (Å²) in [6.45, 7) is 2.04. The largest absolute Gasteiger partial charge is 0.477 e. The number of hydrogen-bond acceptors (Lipinski definition) is 3. The molecule has 3 rings (SSSR count). The minimum Gasteiger partial charge on any atom is -0.477 e. The van der Waals surface area contributed by atoms with Crippen molar-refractivity contribution in [3.8, 4) is 0 Å². The minimum atomic E-state index is -0.854. The van der Waals surface area contributed by atoms with Crippen molar-refractivity contribution >= 4 is 22.3 Å². The highest BCUT2D eigenvalue weighted by atomic mass is 32.1. The molecule has 0 unspecified atom stereocenters. The van der Waals surface area contributed by atoms with Crippen LogP contribution >= 0.6 is 11.3 Å². The molecule has 1 saturated carbocycles. The molecule has 5 heteroatoms. The van der Waals surface area contributed by atoms with Gasteiger partial charge in [0.2, 0.25) is 0 Å². The van der Waals surface area contributed by atoms with Crippen molar-refractivity contribution in [1.82, 2.24) is 9.38 Å². The Morgan fingerprint density at radius 2 is 2.41 bits per heavy atom. The summed E-state index contributed by atoms with van der Waals surface area (Å²) in [5.74, 6) is -0.495. The topological polar surface area (TPSA) is 54.6 Å². The number of hydrogen-bond donors (Lipinski definition) is 1. The third kappa shape index (κ3) is 1.49. The fourth-order valence-electron chi connectivity index (χ4n) is 2.35. The number of carboxylic acids is 1. The van der Waals surface area contributed by atoms with Crippen molar-refractivity contribution in [2.24, 2.45) is 0 Å². The molecule has 0 saturated heterocycles. The van der Waals surface area contributed by atoms with Gasteiger partial charge in [-0.1, -0.05) is 13.3 Å². The molecule has 90 valence electrons. The highest BCUT2D eigenvalue weighted by Gasteiger charge is 2.30. The first-order chi connectivity index (χ1) is 8.22. The number of imidazole rings is 1. The van der Waals surface area contributed by atoms with Gasteiger partial charge in [-0.15, -0.1) is 11.3 Å². The summed E-state index contributed by atoms with van der Waals surface area (Å²) >= 11 is 1.53. The fourth-order valence-corrected chi connectivity index (χ4v) is 3.33. The maximum atomic E-state index is 11.5. The van der Waals surface area contributed by atoms with Crippen LogP contribution in [0.2, 0.25) is 0 Å². The van der Waals surface area contributed by atoms with Gasteiger partial charge in [-0.3, -0.25) is 4.40 Å². The summed E-state index contributed by atoms with van der Waals surface area (Å²) in [6, 6.07) is 0. The van der Waals surface area contributed by atoms with Gasteiger partial charge in [0, 0.05) is 17.0 Å². The van der Waals surface area contributed by atoms with E-state index in [1.807, 2.05) is 16.7 Å². The Labute approximate surface area is 103 Å². The molecule has 0 radical (unpaired) electrons. The number of carbonyl (C=O) groups is 1. The molecule has 1 aliphatic carbocycles. The van der Waals surface area contributed by atoms with E-state index < -0.39 is 5.97 Å². The van der Waals surface area contributed by atoms with Gasteiger partial charge in [-0.05, 0) is 19.3 Å². The SMILES string of the molecule is CCc1csc2nc(C3CCC3)c(C(=O)O)n12. The molecule has 1 aliphatic rings. The van der Waals surface area contributed by atoms with Crippen molar-refractivity contribution in [3.05, 3.63) is 22.5 Å². The lowest BCUT2D eigenvalue weighted by molar-refractivity contribution is 0.0686. The highest BCUT2D eigenvalue weighted by Crippen LogP contribution is 2.38. The summed E-state index contributed by atoms with van der Waals surface area (Å²) in [5.41, 5.74) is 2.23. The monoisotopic (exact) mass is 250 g/mol. The molecule has 2 heterocycles. The number of rotatable bonds is 3. The predicted molar refractivity (Wildman–Crippen MR) is 66.0 cm³/mol. The third-order valence-electron chi connectivity index (χ3n) is 3.52. The third-order valence-corrected chi connectivity index (χ3v) is 4.39. The van der Waals surface area contributed by atoms with Gasteiger partial charge >= 0.3 is 5.97 Å². The quantitative estimate of drug-likeness (QED) is 0.911. The summed E-state index contributed by atoms with van der Waals surface area (Å²) in [5, 5.41) is 11.4. The number of carboxylic acid groups (broad SMARTS) is 1. The standard InChI is InChI=1S/C12H14N2O2S/c1-2-8-6-17-12-13-9(7-4-3-5-7)10(11(15)16)14(8)12/h6-7H,2-5H2,1H3,(H,15,16). The maximum Gasteiger partial charge on any atom is 0.354 e. The lowest BCUT2D eigenvalue weighted by Gasteiger charge is -2.23. The van der Waals surface area contributed by atoms with Crippen LogP contribution in [0.1, 0.15) is 54.0 Å². The van der Waals surface area contributed by atoms with Gasteiger partial charge in [0.15, 0.2) is 10.7 Å². The van der Waals surface area contributed by atoms with E-state index in [0.29, 0.717) is 11.6 Å². The van der Waals surface area contributed by atoms with Crippen molar-refractivity contribution in [2.45, 2.75) is 38.5 Å². The van der Waals surface area contributed by atoms with Crippen LogP contribution in [-0.4, -0.2) is 20.5 Å². The summed E-state index contributed by atoms with van der Waals surface area (Å²) in [7, 11) is 0. The predicted octanol–water partition coefficient (Wildman–Crippen LogP) is 2.92. The smallest absolute Gasteiger partial charge is 0.354 e. The number of aromatic nitrogens is 2. The Kier molecular flexibility index (Phi) is 2.43. The molecule has 2 aromatic heterocycles. The number of aromatic carboxylic acids is 1. The van der Waals surface area contributed by atoms with Crippen LogP contribution in [0.3, 0.4) is 0 Å². The van der Waals surface area contributed by atoms with Gasteiger partial charge < -0.3 is 5.11 Å². The average molecular weight is 250 g/mol. The molecule has 0 amide bonds. The normalized spacial score (nSPS) is 16.3. The van der Waals surface area contributed by atoms with Crippen LogP contribution in [0.4, 0.5) is 0 Å². The van der Waals surface area contributed by atoms with Gasteiger partial charge in [-0.25, -0.2) is 9.78 Å². The zero-order chi connectivity index (χ0) is 12.0. The molecular weight excluding hydrogens is 236 g/mol.